The lowest BCUT2D eigenvalue weighted by Crippen LogP contribution is -2.53. The van der Waals surface area contributed by atoms with Gasteiger partial charge >= 0.3 is 0 Å². The first-order chi connectivity index (χ1) is 9.39. The summed E-state index contributed by atoms with van der Waals surface area (Å²) in [6, 6.07) is 0. The molecule has 0 saturated carbocycles. The Hall–Kier alpha value is -0.260. The molecule has 0 aromatic rings. The lowest BCUT2D eigenvalue weighted by atomic mass is 10.0. The van der Waals surface area contributed by atoms with Crippen molar-refractivity contribution < 1.29 is 37.3 Å². The average molecular weight is 348 g/mol. The van der Waals surface area contributed by atoms with E-state index >= 15 is 0 Å². The molecule has 128 valence electrons. The predicted molar refractivity (Wildman–Crippen MR) is 77.3 cm³/mol. The van der Waals surface area contributed by atoms with Crippen LogP contribution in [0.3, 0.4) is 0 Å². The quantitative estimate of drug-likeness (QED) is 0.363. The maximum Gasteiger partial charge on any atom is 0.156 e. The molecule has 0 saturated heterocycles. The molecule has 0 radical (unpaired) electrons. The number of rotatable bonds is 9. The van der Waals surface area contributed by atoms with Crippen molar-refractivity contribution in [3.05, 3.63) is 0 Å². The number of hydrogen-bond acceptors (Lipinski definition) is 8. The van der Waals surface area contributed by atoms with Crippen molar-refractivity contribution in [1.82, 2.24) is 0 Å². The van der Waals surface area contributed by atoms with Crippen LogP contribution in [0.15, 0.2) is 0 Å². The van der Waals surface area contributed by atoms with E-state index in [1.165, 1.54) is 13.8 Å². The second kappa shape index (κ2) is 7.84. The van der Waals surface area contributed by atoms with Gasteiger partial charge in [-0.2, -0.15) is 0 Å². The van der Waals surface area contributed by atoms with Gasteiger partial charge in [0.25, 0.3) is 0 Å². The molecule has 0 bridgehead atoms. The van der Waals surface area contributed by atoms with Gasteiger partial charge in [-0.05, 0) is 6.92 Å². The summed E-state index contributed by atoms with van der Waals surface area (Å²) < 4.78 is 47.2. The molecule has 0 aromatic heterocycles. The Balaban J connectivity index is 5.52. The van der Waals surface area contributed by atoms with E-state index in [1.807, 2.05) is 0 Å². The van der Waals surface area contributed by atoms with Gasteiger partial charge in [0, 0.05) is 11.5 Å². The van der Waals surface area contributed by atoms with Crippen molar-refractivity contribution in [2.24, 2.45) is 0 Å². The minimum Gasteiger partial charge on any atom is -0.391 e. The molecule has 0 aliphatic rings. The summed E-state index contributed by atoms with van der Waals surface area (Å²) in [5.74, 6) is -1.60. The van der Waals surface area contributed by atoms with E-state index < -0.39 is 60.8 Å². The first-order valence-corrected chi connectivity index (χ1v) is 10.1. The zero-order chi connectivity index (χ0) is 17.0. The smallest absolute Gasteiger partial charge is 0.156 e. The zero-order valence-electron chi connectivity index (χ0n) is 12.2. The fraction of sp³-hybridized carbons (Fsp3) is 1.00. The van der Waals surface area contributed by atoms with Gasteiger partial charge in [-0.1, -0.05) is 13.8 Å². The minimum absolute atomic E-state index is 0.315. The van der Waals surface area contributed by atoms with E-state index in [-0.39, 0.29) is 5.75 Å². The van der Waals surface area contributed by atoms with E-state index in [2.05, 4.69) is 0 Å². The molecule has 21 heavy (non-hydrogen) atoms. The summed E-state index contributed by atoms with van der Waals surface area (Å²) in [6.07, 6.45) is -7.22. The van der Waals surface area contributed by atoms with Gasteiger partial charge in [0.15, 0.2) is 19.7 Å². The second-order valence-electron chi connectivity index (χ2n) is 4.90. The van der Waals surface area contributed by atoms with Crippen molar-refractivity contribution in [2.45, 2.75) is 50.4 Å². The molecule has 0 aliphatic carbocycles. The van der Waals surface area contributed by atoms with Crippen molar-refractivity contribution in [3.8, 4) is 0 Å². The van der Waals surface area contributed by atoms with Gasteiger partial charge in [0.2, 0.25) is 0 Å². The lowest BCUT2D eigenvalue weighted by Gasteiger charge is -2.30. The van der Waals surface area contributed by atoms with Gasteiger partial charge in [-0.3, -0.25) is 0 Å². The van der Waals surface area contributed by atoms with Crippen LogP contribution in [-0.2, 0) is 19.7 Å². The molecule has 10 heteroatoms. The summed E-state index contributed by atoms with van der Waals surface area (Å²) >= 11 is 0. The van der Waals surface area contributed by atoms with Gasteiger partial charge < -0.3 is 20.4 Å². The minimum atomic E-state index is -3.99. The summed E-state index contributed by atoms with van der Waals surface area (Å²) in [7, 11) is -7.72. The van der Waals surface area contributed by atoms with Crippen LogP contribution in [0.5, 0.6) is 0 Å². The van der Waals surface area contributed by atoms with E-state index in [1.54, 1.807) is 0 Å². The molecule has 5 atom stereocenters. The molecule has 0 aromatic carbocycles. The normalized spacial score (nSPS) is 20.5. The van der Waals surface area contributed by atoms with Crippen molar-refractivity contribution in [3.63, 3.8) is 0 Å². The van der Waals surface area contributed by atoms with Gasteiger partial charge in [0.05, 0.1) is 11.9 Å². The summed E-state index contributed by atoms with van der Waals surface area (Å²) in [5.41, 5.74) is 0. The Morgan fingerprint density at radius 2 is 1.29 bits per heavy atom. The standard InChI is InChI=1S/C11H24O8S2/c1-4-20(16,17)6-8(21(18,19)5-2)10(14)11(15)9(13)7(3)12/h7-15H,4-6H2,1-3H3/t7-,8+,9-,10+,11+/m0/s1. The molecule has 0 spiro atoms. The van der Waals surface area contributed by atoms with Gasteiger partial charge in [-0.15, -0.1) is 0 Å². The molecule has 0 fully saturated rings. The first kappa shape index (κ1) is 20.7. The molecule has 0 rings (SSSR count). The molecule has 0 unspecified atom stereocenters. The van der Waals surface area contributed by atoms with Crippen LogP contribution in [0.2, 0.25) is 0 Å². The summed E-state index contributed by atoms with van der Waals surface area (Å²) in [5, 5.41) is 36.6. The summed E-state index contributed by atoms with van der Waals surface area (Å²) in [6.45, 7) is 3.76. The van der Waals surface area contributed by atoms with E-state index in [4.69, 9.17) is 0 Å². The van der Waals surface area contributed by atoms with Gasteiger partial charge in [0.1, 0.15) is 23.6 Å². The third kappa shape index (κ3) is 5.80. The molecular weight excluding hydrogens is 324 g/mol. The molecule has 8 nitrogen and oxygen atoms in total. The summed E-state index contributed by atoms with van der Waals surface area (Å²) in [4.78, 5) is 0. The van der Waals surface area contributed by atoms with E-state index in [0.717, 1.165) is 6.92 Å². The SMILES string of the molecule is CCS(=O)(=O)C[C@H]([C@@H](O)[C@H](O)[C@@H](O)[C@H](C)O)S(=O)(=O)CC. The average Bonchev–Trinajstić information content (AvgIpc) is 2.42. The van der Waals surface area contributed by atoms with Crippen molar-refractivity contribution >= 4 is 19.7 Å². The monoisotopic (exact) mass is 348 g/mol. The Morgan fingerprint density at radius 1 is 0.810 bits per heavy atom. The maximum absolute atomic E-state index is 12.0. The number of hydrogen-bond donors (Lipinski definition) is 4. The highest BCUT2D eigenvalue weighted by Crippen LogP contribution is 2.17. The fourth-order valence-electron chi connectivity index (χ4n) is 1.70. The van der Waals surface area contributed by atoms with Crippen LogP contribution >= 0.6 is 0 Å². The molecule has 0 aliphatic heterocycles. The topological polar surface area (TPSA) is 149 Å². The van der Waals surface area contributed by atoms with E-state index in [9.17, 15) is 37.3 Å². The second-order valence-corrected chi connectivity index (χ2v) is 9.81. The van der Waals surface area contributed by atoms with Crippen molar-refractivity contribution in [1.29, 1.82) is 0 Å². The van der Waals surface area contributed by atoms with Crippen LogP contribution in [-0.4, -0.2) is 84.2 Å². The van der Waals surface area contributed by atoms with Crippen LogP contribution in [0.4, 0.5) is 0 Å². The highest BCUT2D eigenvalue weighted by Gasteiger charge is 2.41. The largest absolute Gasteiger partial charge is 0.391 e. The Bertz CT molecular complexity index is 510. The Morgan fingerprint density at radius 3 is 1.62 bits per heavy atom. The van der Waals surface area contributed by atoms with Crippen LogP contribution < -0.4 is 0 Å². The third-order valence-electron chi connectivity index (χ3n) is 3.30. The Kier molecular flexibility index (Phi) is 7.74. The highest BCUT2D eigenvalue weighted by molar-refractivity contribution is 7.95. The van der Waals surface area contributed by atoms with Crippen LogP contribution in [0.1, 0.15) is 20.8 Å². The molecule has 0 heterocycles. The fourth-order valence-corrected chi connectivity index (χ4v) is 5.10. The number of sulfone groups is 2. The lowest BCUT2D eigenvalue weighted by molar-refractivity contribution is -0.0990. The predicted octanol–water partition coefficient (Wildman–Crippen LogP) is -2.31. The molecule has 4 N–H and O–H groups in total. The molecular formula is C11H24O8S2. The van der Waals surface area contributed by atoms with Crippen molar-refractivity contribution in [2.75, 3.05) is 17.3 Å². The number of aliphatic hydroxyl groups is 4. The molecule has 0 amide bonds. The third-order valence-corrected chi connectivity index (χ3v) is 7.43. The highest BCUT2D eigenvalue weighted by atomic mass is 32.2. The zero-order valence-corrected chi connectivity index (χ0v) is 13.9. The maximum atomic E-state index is 12.0. The number of aliphatic hydroxyl groups excluding tert-OH is 4. The van der Waals surface area contributed by atoms with Gasteiger partial charge in [-0.25, -0.2) is 16.8 Å². The van der Waals surface area contributed by atoms with Crippen LogP contribution in [0.25, 0.3) is 0 Å². The first-order valence-electron chi connectivity index (χ1n) is 6.53. The van der Waals surface area contributed by atoms with E-state index in [0.29, 0.717) is 0 Å². The van der Waals surface area contributed by atoms with Crippen LogP contribution in [0, 0.1) is 0 Å². The Labute approximate surface area is 125 Å².